The van der Waals surface area contributed by atoms with E-state index >= 15 is 0 Å². The molecule has 0 aliphatic rings. The van der Waals surface area contributed by atoms with Crippen LogP contribution in [0.2, 0.25) is 0 Å². The zero-order valence-corrected chi connectivity index (χ0v) is 16.5. The molecule has 3 aromatic rings. The van der Waals surface area contributed by atoms with Crippen molar-refractivity contribution in [2.24, 2.45) is 7.05 Å². The zero-order chi connectivity index (χ0) is 19.1. The molecule has 0 aliphatic heterocycles. The molecule has 0 saturated heterocycles. The smallest absolute Gasteiger partial charge is 0.261 e. The van der Waals surface area contributed by atoms with Gasteiger partial charge in [0.2, 0.25) is 5.91 Å². The van der Waals surface area contributed by atoms with Gasteiger partial charge in [-0.1, -0.05) is 36.0 Å². The molecule has 5 nitrogen and oxygen atoms in total. The van der Waals surface area contributed by atoms with Crippen LogP contribution in [0.5, 0.6) is 0 Å². The van der Waals surface area contributed by atoms with E-state index in [1.54, 1.807) is 7.05 Å². The van der Waals surface area contributed by atoms with Crippen molar-refractivity contribution in [2.45, 2.75) is 43.6 Å². The molecule has 1 aromatic heterocycles. The van der Waals surface area contributed by atoms with Gasteiger partial charge in [-0.3, -0.25) is 14.2 Å². The van der Waals surface area contributed by atoms with Crippen molar-refractivity contribution in [1.82, 2.24) is 14.9 Å². The van der Waals surface area contributed by atoms with E-state index in [9.17, 15) is 9.59 Å². The van der Waals surface area contributed by atoms with Crippen molar-refractivity contribution >= 4 is 39.3 Å². The van der Waals surface area contributed by atoms with Gasteiger partial charge in [-0.25, -0.2) is 4.98 Å². The molecule has 0 saturated carbocycles. The van der Waals surface area contributed by atoms with Crippen molar-refractivity contribution in [3.05, 3.63) is 46.8 Å². The Balaban J connectivity index is 2.01. The van der Waals surface area contributed by atoms with Crippen molar-refractivity contribution in [1.29, 1.82) is 0 Å². The first-order valence-corrected chi connectivity index (χ1v) is 9.42. The molecule has 3 rings (SSSR count). The maximum atomic E-state index is 12.8. The molecule has 0 spiro atoms. The van der Waals surface area contributed by atoms with Gasteiger partial charge < -0.3 is 5.32 Å². The first kappa shape index (κ1) is 18.5. The first-order valence-electron chi connectivity index (χ1n) is 8.54. The van der Waals surface area contributed by atoms with Crippen LogP contribution in [-0.4, -0.2) is 26.2 Å². The summed E-state index contributed by atoms with van der Waals surface area (Å²) < 4.78 is 1.52. The van der Waals surface area contributed by atoms with E-state index in [0.717, 1.165) is 10.8 Å². The number of thioether (sulfide) groups is 1. The molecule has 136 valence electrons. The summed E-state index contributed by atoms with van der Waals surface area (Å²) in [5.41, 5.74) is 0.248. The van der Waals surface area contributed by atoms with Crippen LogP contribution in [0.15, 0.2) is 46.3 Å². The molecule has 0 bridgehead atoms. The van der Waals surface area contributed by atoms with E-state index in [1.165, 1.54) is 16.3 Å². The molecule has 26 heavy (non-hydrogen) atoms. The van der Waals surface area contributed by atoms with Crippen LogP contribution in [0.1, 0.15) is 27.7 Å². The van der Waals surface area contributed by atoms with Crippen LogP contribution in [0.4, 0.5) is 0 Å². The van der Waals surface area contributed by atoms with Crippen LogP contribution < -0.4 is 10.9 Å². The van der Waals surface area contributed by atoms with Gasteiger partial charge >= 0.3 is 0 Å². The van der Waals surface area contributed by atoms with Gasteiger partial charge in [0.05, 0.1) is 16.2 Å². The Hall–Kier alpha value is -2.34. The maximum Gasteiger partial charge on any atom is 0.261 e. The van der Waals surface area contributed by atoms with Gasteiger partial charge in [-0.15, -0.1) is 0 Å². The third-order valence-electron chi connectivity index (χ3n) is 4.05. The lowest BCUT2D eigenvalue weighted by atomic mass is 10.1. The van der Waals surface area contributed by atoms with Crippen molar-refractivity contribution < 1.29 is 4.79 Å². The Kier molecular flexibility index (Phi) is 4.80. The van der Waals surface area contributed by atoms with Gasteiger partial charge in [0.1, 0.15) is 0 Å². The van der Waals surface area contributed by atoms with Gasteiger partial charge in [-0.05, 0) is 50.6 Å². The fraction of sp³-hybridized carbons (Fsp3) is 0.350. The number of nitrogens with zero attached hydrogens (tertiary/aromatic N) is 2. The maximum absolute atomic E-state index is 12.8. The lowest BCUT2D eigenvalue weighted by molar-refractivity contribution is -0.121. The number of hydrogen-bond acceptors (Lipinski definition) is 4. The third-order valence-corrected chi connectivity index (χ3v) is 5.20. The van der Waals surface area contributed by atoms with E-state index in [0.29, 0.717) is 16.1 Å². The minimum atomic E-state index is -0.356. The third kappa shape index (κ3) is 3.75. The topological polar surface area (TPSA) is 64.0 Å². The lowest BCUT2D eigenvalue weighted by Gasteiger charge is -2.23. The minimum Gasteiger partial charge on any atom is -0.351 e. The molecule has 2 aromatic carbocycles. The van der Waals surface area contributed by atoms with E-state index in [-0.39, 0.29) is 22.3 Å². The average molecular weight is 369 g/mol. The monoisotopic (exact) mass is 369 g/mol. The number of carbonyl (C=O) groups is 1. The quantitative estimate of drug-likeness (QED) is 0.436. The van der Waals surface area contributed by atoms with Gasteiger partial charge in [0.25, 0.3) is 5.56 Å². The Morgan fingerprint density at radius 2 is 1.81 bits per heavy atom. The largest absolute Gasteiger partial charge is 0.351 e. The molecular weight excluding hydrogens is 346 g/mol. The standard InChI is InChI=1S/C20H23N3O2S/c1-12(17(24)22-20(2,3)4)26-19-21-16-11-14-9-7-6-8-13(14)10-15(16)18(25)23(19)5/h6-12H,1-5H3,(H,22,24)/t12-/m1/s1. The molecule has 1 atom stereocenters. The number of aromatic nitrogens is 2. The number of fused-ring (bicyclic) bond motifs is 2. The molecule has 1 amide bonds. The van der Waals surface area contributed by atoms with E-state index in [1.807, 2.05) is 64.1 Å². The molecule has 0 radical (unpaired) electrons. The second-order valence-corrected chi connectivity index (χ2v) is 8.78. The van der Waals surface area contributed by atoms with E-state index in [2.05, 4.69) is 10.3 Å². The van der Waals surface area contributed by atoms with Crippen LogP contribution in [0, 0.1) is 0 Å². The number of carbonyl (C=O) groups excluding carboxylic acids is 1. The second kappa shape index (κ2) is 6.76. The number of rotatable bonds is 3. The highest BCUT2D eigenvalue weighted by Gasteiger charge is 2.22. The summed E-state index contributed by atoms with van der Waals surface area (Å²) >= 11 is 1.29. The SMILES string of the molecule is C[C@@H](Sc1nc2cc3ccccc3cc2c(=O)n1C)C(=O)NC(C)(C)C. The number of nitrogens with one attached hydrogen (secondary N) is 1. The van der Waals surface area contributed by atoms with Gasteiger partial charge in [0, 0.05) is 12.6 Å². The van der Waals surface area contributed by atoms with Crippen LogP contribution in [-0.2, 0) is 11.8 Å². The van der Waals surface area contributed by atoms with E-state index < -0.39 is 0 Å². The Bertz CT molecular complexity index is 1050. The summed E-state index contributed by atoms with van der Waals surface area (Å²) in [6.07, 6.45) is 0. The molecule has 1 heterocycles. The highest BCUT2D eigenvalue weighted by atomic mass is 32.2. The summed E-state index contributed by atoms with van der Waals surface area (Å²) in [6, 6.07) is 11.7. The fourth-order valence-electron chi connectivity index (χ4n) is 2.73. The highest BCUT2D eigenvalue weighted by Crippen LogP contribution is 2.25. The molecule has 1 N–H and O–H groups in total. The van der Waals surface area contributed by atoms with Gasteiger partial charge in [-0.2, -0.15) is 0 Å². The summed E-state index contributed by atoms with van der Waals surface area (Å²) in [5.74, 6) is -0.0737. The predicted octanol–water partition coefficient (Wildman–Crippen LogP) is 3.48. The van der Waals surface area contributed by atoms with Crippen LogP contribution in [0.25, 0.3) is 21.7 Å². The van der Waals surface area contributed by atoms with Crippen molar-refractivity contribution in [3.63, 3.8) is 0 Å². The summed E-state index contributed by atoms with van der Waals surface area (Å²) in [4.78, 5) is 29.8. The summed E-state index contributed by atoms with van der Waals surface area (Å²) in [5, 5.41) is 5.77. The summed E-state index contributed by atoms with van der Waals surface area (Å²) in [7, 11) is 1.70. The second-order valence-electron chi connectivity index (χ2n) is 7.47. The highest BCUT2D eigenvalue weighted by molar-refractivity contribution is 8.00. The normalized spacial score (nSPS) is 13.1. The average Bonchev–Trinajstić information content (AvgIpc) is 2.56. The number of amides is 1. The Labute approximate surface area is 156 Å². The lowest BCUT2D eigenvalue weighted by Crippen LogP contribution is -2.44. The zero-order valence-electron chi connectivity index (χ0n) is 15.7. The van der Waals surface area contributed by atoms with Crippen molar-refractivity contribution in [2.75, 3.05) is 0 Å². The predicted molar refractivity (Wildman–Crippen MR) is 108 cm³/mol. The van der Waals surface area contributed by atoms with E-state index in [4.69, 9.17) is 0 Å². The molecule has 0 aliphatic carbocycles. The summed E-state index contributed by atoms with van der Waals surface area (Å²) in [6.45, 7) is 7.65. The molecular formula is C20H23N3O2S. The molecule has 0 fully saturated rings. The fourth-order valence-corrected chi connectivity index (χ4v) is 3.60. The minimum absolute atomic E-state index is 0.0737. The van der Waals surface area contributed by atoms with Gasteiger partial charge in [0.15, 0.2) is 5.16 Å². The molecule has 0 unspecified atom stereocenters. The number of hydrogen-bond donors (Lipinski definition) is 1. The Morgan fingerprint density at radius 3 is 2.42 bits per heavy atom. The molecule has 6 heteroatoms. The van der Waals surface area contributed by atoms with Crippen LogP contribution in [0.3, 0.4) is 0 Å². The van der Waals surface area contributed by atoms with Crippen LogP contribution >= 0.6 is 11.8 Å². The number of benzene rings is 2. The van der Waals surface area contributed by atoms with Crippen molar-refractivity contribution in [3.8, 4) is 0 Å². The first-order chi connectivity index (χ1) is 12.2. The Morgan fingerprint density at radius 1 is 1.19 bits per heavy atom.